The van der Waals surface area contributed by atoms with Crippen molar-refractivity contribution in [3.63, 3.8) is 0 Å². The van der Waals surface area contributed by atoms with Crippen molar-refractivity contribution >= 4 is 27.5 Å². The lowest BCUT2D eigenvalue weighted by Crippen LogP contribution is -2.44. The van der Waals surface area contributed by atoms with E-state index in [2.05, 4.69) is 37.1 Å². The smallest absolute Gasteiger partial charge is 0.220 e. The van der Waals surface area contributed by atoms with Crippen molar-refractivity contribution in [1.82, 2.24) is 10.3 Å². The number of aliphatic hydroxyl groups excluding tert-OH is 1. The first-order valence-electron chi connectivity index (χ1n) is 8.15. The maximum atomic E-state index is 12.1. The second kappa shape index (κ2) is 7.88. The van der Waals surface area contributed by atoms with Crippen LogP contribution in [0.3, 0.4) is 0 Å². The maximum absolute atomic E-state index is 12.1. The molecule has 1 aromatic heterocycles. The summed E-state index contributed by atoms with van der Waals surface area (Å²) in [6, 6.07) is 8.11. The van der Waals surface area contributed by atoms with E-state index >= 15 is 0 Å². The number of carbonyl (C=O) groups is 1. The van der Waals surface area contributed by atoms with Crippen LogP contribution in [-0.4, -0.2) is 28.6 Å². The number of para-hydroxylation sites is 1. The summed E-state index contributed by atoms with van der Waals surface area (Å²) in [5, 5.41) is 13.3. The molecule has 0 saturated heterocycles. The summed E-state index contributed by atoms with van der Waals surface area (Å²) in [5.74, 6) is 0.0551. The summed E-state index contributed by atoms with van der Waals surface area (Å²) >= 11 is 1.70. The number of aryl methyl sites for hydroxylation is 1. The molecule has 0 fully saturated rings. The zero-order valence-electron chi connectivity index (χ0n) is 14.1. The molecule has 1 unspecified atom stereocenters. The number of fused-ring (bicyclic) bond motifs is 1. The highest BCUT2D eigenvalue weighted by Gasteiger charge is 2.25. The Kier molecular flexibility index (Phi) is 6.13. The Balaban J connectivity index is 1.82. The van der Waals surface area contributed by atoms with Gasteiger partial charge in [0.05, 0.1) is 15.2 Å². The summed E-state index contributed by atoms with van der Waals surface area (Å²) < 4.78 is 1.20. The Morgan fingerprint density at radius 1 is 1.35 bits per heavy atom. The van der Waals surface area contributed by atoms with Gasteiger partial charge in [-0.15, -0.1) is 11.3 Å². The zero-order valence-corrected chi connectivity index (χ0v) is 14.9. The van der Waals surface area contributed by atoms with Gasteiger partial charge in [-0.05, 0) is 36.8 Å². The maximum Gasteiger partial charge on any atom is 0.220 e. The molecule has 1 aromatic carbocycles. The molecule has 1 heterocycles. The molecular weight excluding hydrogens is 308 g/mol. The molecule has 5 heteroatoms. The van der Waals surface area contributed by atoms with Crippen LogP contribution in [0.25, 0.3) is 10.2 Å². The van der Waals surface area contributed by atoms with Crippen LogP contribution in [-0.2, 0) is 11.2 Å². The number of thiazole rings is 1. The molecule has 0 bridgehead atoms. The number of hydrogen-bond acceptors (Lipinski definition) is 4. The van der Waals surface area contributed by atoms with E-state index < -0.39 is 0 Å². The van der Waals surface area contributed by atoms with Gasteiger partial charge >= 0.3 is 0 Å². The molecule has 1 amide bonds. The molecule has 0 aliphatic heterocycles. The van der Waals surface area contributed by atoms with Gasteiger partial charge in [0.1, 0.15) is 0 Å². The molecule has 0 saturated carbocycles. The fourth-order valence-electron chi connectivity index (χ4n) is 2.54. The summed E-state index contributed by atoms with van der Waals surface area (Å²) in [7, 11) is 0. The molecule has 0 spiro atoms. The fraction of sp³-hybridized carbons (Fsp3) is 0.556. The summed E-state index contributed by atoms with van der Waals surface area (Å²) in [5.41, 5.74) is 0.985. The van der Waals surface area contributed by atoms with Gasteiger partial charge in [0, 0.05) is 19.1 Å². The van der Waals surface area contributed by atoms with Gasteiger partial charge in [0.25, 0.3) is 0 Å². The van der Waals surface area contributed by atoms with Gasteiger partial charge in [-0.25, -0.2) is 4.98 Å². The third-order valence-corrected chi connectivity index (χ3v) is 5.03. The quantitative estimate of drug-likeness (QED) is 0.814. The minimum Gasteiger partial charge on any atom is -0.396 e. The number of nitrogens with zero attached hydrogens (tertiary/aromatic N) is 1. The number of aromatic nitrogens is 1. The van der Waals surface area contributed by atoms with E-state index in [0.717, 1.165) is 23.4 Å². The topological polar surface area (TPSA) is 62.2 Å². The lowest BCUT2D eigenvalue weighted by molar-refractivity contribution is -0.122. The second-order valence-corrected chi connectivity index (χ2v) is 8.04. The molecule has 2 aromatic rings. The number of nitrogens with one attached hydrogen (secondary N) is 1. The molecule has 0 radical (unpaired) electrons. The summed E-state index contributed by atoms with van der Waals surface area (Å²) in [6.07, 6.45) is 2.70. The minimum absolute atomic E-state index is 0.00227. The van der Waals surface area contributed by atoms with Gasteiger partial charge in [0.15, 0.2) is 0 Å². The molecule has 126 valence electrons. The fourth-order valence-corrected chi connectivity index (χ4v) is 3.55. The van der Waals surface area contributed by atoms with E-state index in [1.54, 1.807) is 11.3 Å². The molecule has 23 heavy (non-hydrogen) atoms. The standard InChI is InChI=1S/C18H26N2O2S/c1-18(2,3)15(11-12-21)20-16(22)9-6-10-17-19-13-7-4-5-8-14(13)23-17/h4-5,7-8,15,21H,6,9-12H2,1-3H3,(H,20,22). The van der Waals surface area contributed by atoms with Crippen molar-refractivity contribution in [2.24, 2.45) is 5.41 Å². The van der Waals surface area contributed by atoms with Crippen molar-refractivity contribution in [1.29, 1.82) is 0 Å². The van der Waals surface area contributed by atoms with Gasteiger partial charge < -0.3 is 10.4 Å². The molecule has 1 atom stereocenters. The molecule has 0 aliphatic rings. The number of hydrogen-bond donors (Lipinski definition) is 2. The highest BCUT2D eigenvalue weighted by Crippen LogP contribution is 2.23. The molecular formula is C18H26N2O2S. The van der Waals surface area contributed by atoms with Gasteiger partial charge in [-0.3, -0.25) is 4.79 Å². The highest BCUT2D eigenvalue weighted by atomic mass is 32.1. The van der Waals surface area contributed by atoms with Crippen LogP contribution in [0.1, 0.15) is 45.0 Å². The monoisotopic (exact) mass is 334 g/mol. The normalized spacial score (nSPS) is 13.2. The number of amides is 1. The predicted molar refractivity (Wildman–Crippen MR) is 95.6 cm³/mol. The van der Waals surface area contributed by atoms with Crippen molar-refractivity contribution in [2.75, 3.05) is 6.61 Å². The van der Waals surface area contributed by atoms with Crippen LogP contribution in [0.5, 0.6) is 0 Å². The first-order chi connectivity index (χ1) is 10.9. The minimum atomic E-state index is -0.0502. The van der Waals surface area contributed by atoms with Crippen LogP contribution in [0.2, 0.25) is 0 Å². The average molecular weight is 334 g/mol. The Morgan fingerprint density at radius 3 is 2.74 bits per heavy atom. The van der Waals surface area contributed by atoms with Crippen LogP contribution in [0.4, 0.5) is 0 Å². The van der Waals surface area contributed by atoms with Crippen LogP contribution < -0.4 is 5.32 Å². The first kappa shape index (κ1) is 17.9. The molecule has 2 N–H and O–H groups in total. The molecule has 2 rings (SSSR count). The third-order valence-electron chi connectivity index (χ3n) is 3.93. The van der Waals surface area contributed by atoms with Crippen LogP contribution in [0, 0.1) is 5.41 Å². The Hall–Kier alpha value is -1.46. The number of aliphatic hydroxyl groups is 1. The SMILES string of the molecule is CC(C)(C)C(CCO)NC(=O)CCCc1nc2ccccc2s1. The van der Waals surface area contributed by atoms with Gasteiger partial charge in [0.2, 0.25) is 5.91 Å². The average Bonchev–Trinajstić information content (AvgIpc) is 2.88. The predicted octanol–water partition coefficient (Wildman–Crippen LogP) is 3.53. The number of benzene rings is 1. The van der Waals surface area contributed by atoms with Crippen molar-refractivity contribution in [2.45, 2.75) is 52.5 Å². The molecule has 4 nitrogen and oxygen atoms in total. The Morgan fingerprint density at radius 2 is 2.09 bits per heavy atom. The van der Waals surface area contributed by atoms with E-state index in [0.29, 0.717) is 12.8 Å². The lowest BCUT2D eigenvalue weighted by atomic mass is 9.85. The highest BCUT2D eigenvalue weighted by molar-refractivity contribution is 7.18. The van der Waals surface area contributed by atoms with Crippen LogP contribution in [0.15, 0.2) is 24.3 Å². The summed E-state index contributed by atoms with van der Waals surface area (Å²) in [6.45, 7) is 6.33. The zero-order chi connectivity index (χ0) is 16.9. The van der Waals surface area contributed by atoms with E-state index in [4.69, 9.17) is 5.11 Å². The summed E-state index contributed by atoms with van der Waals surface area (Å²) in [4.78, 5) is 16.7. The Labute approximate surface area is 141 Å². The first-order valence-corrected chi connectivity index (χ1v) is 8.96. The van der Waals surface area contributed by atoms with Gasteiger partial charge in [-0.2, -0.15) is 0 Å². The number of rotatable bonds is 7. The third kappa shape index (κ3) is 5.29. The van der Waals surface area contributed by atoms with E-state index in [9.17, 15) is 4.79 Å². The van der Waals surface area contributed by atoms with Crippen LogP contribution >= 0.6 is 11.3 Å². The lowest BCUT2D eigenvalue weighted by Gasteiger charge is -2.31. The largest absolute Gasteiger partial charge is 0.396 e. The number of carbonyl (C=O) groups excluding carboxylic acids is 1. The molecule has 0 aliphatic carbocycles. The van der Waals surface area contributed by atoms with Crippen molar-refractivity contribution in [3.05, 3.63) is 29.3 Å². The Bertz CT molecular complexity index is 613. The van der Waals surface area contributed by atoms with Crippen molar-refractivity contribution < 1.29 is 9.90 Å². The van der Waals surface area contributed by atoms with E-state index in [-0.39, 0.29) is 24.0 Å². The van der Waals surface area contributed by atoms with Gasteiger partial charge in [-0.1, -0.05) is 32.9 Å². The van der Waals surface area contributed by atoms with E-state index in [1.807, 2.05) is 18.2 Å². The van der Waals surface area contributed by atoms with Crippen molar-refractivity contribution in [3.8, 4) is 0 Å². The van der Waals surface area contributed by atoms with E-state index in [1.165, 1.54) is 4.70 Å². The second-order valence-electron chi connectivity index (χ2n) is 6.93.